The van der Waals surface area contributed by atoms with E-state index < -0.39 is 11.6 Å². The van der Waals surface area contributed by atoms with E-state index in [-0.39, 0.29) is 23.4 Å². The van der Waals surface area contributed by atoms with E-state index in [9.17, 15) is 13.6 Å². The molecular weight excluding hydrogens is 402 g/mol. The summed E-state index contributed by atoms with van der Waals surface area (Å²) in [6.45, 7) is 2.63. The van der Waals surface area contributed by atoms with Gasteiger partial charge in [-0.1, -0.05) is 0 Å². The fourth-order valence-electron chi connectivity index (χ4n) is 4.93. The molecule has 1 aromatic heterocycles. The Labute approximate surface area is 180 Å². The SMILES string of the molecule is NC[C@H]1CC[C@@H](CC(=O)N2CCc3oc(-c4cc(F)cc(F)c4)nc3C2)N1CC1CC1. The van der Waals surface area contributed by atoms with Gasteiger partial charge in [-0.3, -0.25) is 9.69 Å². The number of nitrogens with zero attached hydrogens (tertiary/aromatic N) is 3. The van der Waals surface area contributed by atoms with Gasteiger partial charge in [0.1, 0.15) is 23.1 Å². The molecule has 0 bridgehead atoms. The second kappa shape index (κ2) is 8.31. The number of aromatic nitrogens is 1. The maximum absolute atomic E-state index is 13.6. The zero-order valence-electron chi connectivity index (χ0n) is 17.5. The van der Waals surface area contributed by atoms with Crippen LogP contribution >= 0.6 is 0 Å². The second-order valence-corrected chi connectivity index (χ2v) is 9.08. The lowest BCUT2D eigenvalue weighted by Crippen LogP contribution is -2.44. The van der Waals surface area contributed by atoms with Gasteiger partial charge in [0.25, 0.3) is 0 Å². The van der Waals surface area contributed by atoms with E-state index in [1.54, 1.807) is 0 Å². The Kier molecular flexibility index (Phi) is 5.52. The van der Waals surface area contributed by atoms with E-state index in [1.165, 1.54) is 25.0 Å². The van der Waals surface area contributed by atoms with Crippen molar-refractivity contribution < 1.29 is 18.0 Å². The molecule has 2 aliphatic heterocycles. The molecule has 8 heteroatoms. The van der Waals surface area contributed by atoms with Crippen molar-refractivity contribution in [2.45, 2.75) is 57.2 Å². The number of amides is 1. The third-order valence-electron chi connectivity index (χ3n) is 6.81. The summed E-state index contributed by atoms with van der Waals surface area (Å²) >= 11 is 0. The van der Waals surface area contributed by atoms with Crippen molar-refractivity contribution in [3.63, 3.8) is 0 Å². The normalized spacial score (nSPS) is 23.9. The van der Waals surface area contributed by atoms with Crippen LogP contribution in [0.4, 0.5) is 8.78 Å². The van der Waals surface area contributed by atoms with E-state index >= 15 is 0 Å². The van der Waals surface area contributed by atoms with Gasteiger partial charge in [-0.25, -0.2) is 13.8 Å². The zero-order valence-corrected chi connectivity index (χ0v) is 17.5. The van der Waals surface area contributed by atoms with Crippen LogP contribution in [0.1, 0.15) is 43.6 Å². The number of hydrogen-bond acceptors (Lipinski definition) is 5. The molecule has 0 unspecified atom stereocenters. The van der Waals surface area contributed by atoms with E-state index in [2.05, 4.69) is 9.88 Å². The maximum Gasteiger partial charge on any atom is 0.226 e. The highest BCUT2D eigenvalue weighted by molar-refractivity contribution is 5.77. The molecule has 1 aliphatic carbocycles. The van der Waals surface area contributed by atoms with Crippen molar-refractivity contribution in [2.24, 2.45) is 11.7 Å². The fraction of sp³-hybridized carbons (Fsp3) is 0.565. The maximum atomic E-state index is 13.6. The number of fused-ring (bicyclic) bond motifs is 1. The number of benzene rings is 1. The van der Waals surface area contributed by atoms with Gasteiger partial charge in [0, 0.05) is 56.2 Å². The number of hydrogen-bond donors (Lipinski definition) is 1. The lowest BCUT2D eigenvalue weighted by atomic mass is 10.1. The average molecular weight is 430 g/mol. The molecule has 1 amide bonds. The first kappa shape index (κ1) is 20.6. The molecule has 2 aromatic rings. The van der Waals surface area contributed by atoms with Crippen LogP contribution in [0.3, 0.4) is 0 Å². The van der Waals surface area contributed by atoms with E-state index in [0.29, 0.717) is 50.0 Å². The van der Waals surface area contributed by atoms with E-state index in [1.807, 2.05) is 4.90 Å². The van der Waals surface area contributed by atoms with Crippen LogP contribution in [0.15, 0.2) is 22.6 Å². The first-order chi connectivity index (χ1) is 15.0. The van der Waals surface area contributed by atoms with Crippen molar-refractivity contribution in [2.75, 3.05) is 19.6 Å². The number of likely N-dealkylation sites (tertiary alicyclic amines) is 1. The lowest BCUT2D eigenvalue weighted by Gasteiger charge is -2.32. The summed E-state index contributed by atoms with van der Waals surface area (Å²) in [7, 11) is 0. The molecule has 1 saturated carbocycles. The molecule has 5 rings (SSSR count). The van der Waals surface area contributed by atoms with Crippen LogP contribution in [-0.4, -0.2) is 52.4 Å². The molecule has 31 heavy (non-hydrogen) atoms. The molecule has 0 spiro atoms. The largest absolute Gasteiger partial charge is 0.441 e. The van der Waals surface area contributed by atoms with Crippen molar-refractivity contribution in [1.82, 2.24) is 14.8 Å². The van der Waals surface area contributed by atoms with E-state index in [0.717, 1.165) is 31.4 Å². The highest BCUT2D eigenvalue weighted by Gasteiger charge is 2.38. The molecule has 3 aliphatic rings. The van der Waals surface area contributed by atoms with Crippen molar-refractivity contribution in [1.29, 1.82) is 0 Å². The molecule has 6 nitrogen and oxygen atoms in total. The van der Waals surface area contributed by atoms with Crippen molar-refractivity contribution in [3.05, 3.63) is 41.3 Å². The molecule has 0 radical (unpaired) electrons. The number of halogens is 2. The fourth-order valence-corrected chi connectivity index (χ4v) is 4.93. The standard InChI is InChI=1S/C23H28F2N4O2/c24-16-7-15(8-17(25)9-16)23-27-20-13-28(6-5-21(20)31-23)22(30)10-18-3-4-19(11-26)29(18)12-14-1-2-14/h7-9,14,18-19H,1-6,10-13,26H2/t18-,19+/m0/s1. The van der Waals surface area contributed by atoms with Crippen LogP contribution in [0.25, 0.3) is 11.5 Å². The number of carbonyl (C=O) groups excluding carboxylic acids is 1. The van der Waals surface area contributed by atoms with Gasteiger partial charge in [0.2, 0.25) is 11.8 Å². The monoisotopic (exact) mass is 430 g/mol. The van der Waals surface area contributed by atoms with Gasteiger partial charge in [-0.15, -0.1) is 0 Å². The quantitative estimate of drug-likeness (QED) is 0.762. The van der Waals surface area contributed by atoms with E-state index in [4.69, 9.17) is 10.2 Å². The first-order valence-corrected chi connectivity index (χ1v) is 11.2. The summed E-state index contributed by atoms with van der Waals surface area (Å²) in [6.07, 6.45) is 5.69. The van der Waals surface area contributed by atoms with Gasteiger partial charge in [0.05, 0.1) is 6.54 Å². The lowest BCUT2D eigenvalue weighted by molar-refractivity contribution is -0.133. The summed E-state index contributed by atoms with van der Waals surface area (Å²) < 4.78 is 32.9. The van der Waals surface area contributed by atoms with Gasteiger partial charge >= 0.3 is 0 Å². The van der Waals surface area contributed by atoms with Crippen LogP contribution in [0, 0.1) is 17.6 Å². The van der Waals surface area contributed by atoms with Crippen molar-refractivity contribution in [3.8, 4) is 11.5 Å². The Hall–Kier alpha value is -2.32. The molecule has 1 saturated heterocycles. The molecule has 2 N–H and O–H groups in total. The van der Waals surface area contributed by atoms with Gasteiger partial charge in [-0.2, -0.15) is 0 Å². The average Bonchev–Trinajstić information content (AvgIpc) is 3.33. The third kappa shape index (κ3) is 4.36. The Morgan fingerprint density at radius 3 is 2.58 bits per heavy atom. The predicted octanol–water partition coefficient (Wildman–Crippen LogP) is 3.10. The summed E-state index contributed by atoms with van der Waals surface area (Å²) in [5, 5.41) is 0. The molecule has 3 heterocycles. The van der Waals surface area contributed by atoms with Crippen LogP contribution in [0.5, 0.6) is 0 Å². The summed E-state index contributed by atoms with van der Waals surface area (Å²) in [4.78, 5) is 21.8. The Balaban J connectivity index is 1.26. The van der Waals surface area contributed by atoms with Crippen molar-refractivity contribution >= 4 is 5.91 Å². The van der Waals surface area contributed by atoms with Gasteiger partial charge < -0.3 is 15.1 Å². The number of rotatable bonds is 6. The minimum atomic E-state index is -0.675. The highest BCUT2D eigenvalue weighted by Crippen LogP contribution is 2.35. The number of oxazole rings is 1. The predicted molar refractivity (Wildman–Crippen MR) is 111 cm³/mol. The summed E-state index contributed by atoms with van der Waals surface area (Å²) in [5.41, 5.74) is 6.91. The first-order valence-electron chi connectivity index (χ1n) is 11.2. The van der Waals surface area contributed by atoms with Crippen LogP contribution < -0.4 is 5.73 Å². The summed E-state index contributed by atoms with van der Waals surface area (Å²) in [6, 6.07) is 3.86. The third-order valence-corrected chi connectivity index (χ3v) is 6.81. The number of nitrogens with two attached hydrogens (primary N) is 1. The zero-order chi connectivity index (χ0) is 21.5. The Morgan fingerprint density at radius 2 is 1.87 bits per heavy atom. The highest BCUT2D eigenvalue weighted by atomic mass is 19.1. The molecule has 166 valence electrons. The Bertz CT molecular complexity index is 954. The van der Waals surface area contributed by atoms with Crippen LogP contribution in [-0.2, 0) is 17.8 Å². The second-order valence-electron chi connectivity index (χ2n) is 9.08. The molecule has 2 atom stereocenters. The van der Waals surface area contributed by atoms with Gasteiger partial charge in [0.15, 0.2) is 0 Å². The minimum absolute atomic E-state index is 0.121. The minimum Gasteiger partial charge on any atom is -0.441 e. The van der Waals surface area contributed by atoms with Gasteiger partial charge in [-0.05, 0) is 43.7 Å². The summed E-state index contributed by atoms with van der Waals surface area (Å²) in [5.74, 6) is 0.411. The topological polar surface area (TPSA) is 75.6 Å². The molecular formula is C23H28F2N4O2. The Morgan fingerprint density at radius 1 is 1.13 bits per heavy atom. The van der Waals surface area contributed by atoms with Crippen LogP contribution in [0.2, 0.25) is 0 Å². The molecule has 1 aromatic carbocycles. The molecule has 2 fully saturated rings. The smallest absolute Gasteiger partial charge is 0.226 e. The number of carbonyl (C=O) groups is 1.